The van der Waals surface area contributed by atoms with Crippen molar-refractivity contribution in [2.45, 2.75) is 13.5 Å². The number of hydrogen-bond donors (Lipinski definition) is 1. The summed E-state index contributed by atoms with van der Waals surface area (Å²) in [5.74, 6) is 0. The summed E-state index contributed by atoms with van der Waals surface area (Å²) in [6.07, 6.45) is 3.45. The van der Waals surface area contributed by atoms with Crippen molar-refractivity contribution >= 4 is 5.69 Å². The fourth-order valence-corrected chi connectivity index (χ4v) is 1.44. The van der Waals surface area contributed by atoms with Gasteiger partial charge in [-0.2, -0.15) is 10.2 Å². The normalized spacial score (nSPS) is 10.7. The Labute approximate surface area is 82.1 Å². The van der Waals surface area contributed by atoms with E-state index >= 15 is 0 Å². The van der Waals surface area contributed by atoms with Gasteiger partial charge in [0.05, 0.1) is 29.8 Å². The van der Waals surface area contributed by atoms with E-state index in [1.165, 1.54) is 0 Å². The molecule has 5 heteroatoms. The van der Waals surface area contributed by atoms with Gasteiger partial charge in [0.25, 0.3) is 0 Å². The Balaban J connectivity index is 2.22. The summed E-state index contributed by atoms with van der Waals surface area (Å²) in [5.41, 5.74) is 8.39. The summed E-state index contributed by atoms with van der Waals surface area (Å²) in [7, 11) is 1.93. The number of nitrogen functional groups attached to an aromatic ring is 1. The first-order valence-corrected chi connectivity index (χ1v) is 4.42. The quantitative estimate of drug-likeness (QED) is 0.754. The molecule has 0 spiro atoms. The highest BCUT2D eigenvalue weighted by molar-refractivity contribution is 5.30. The van der Waals surface area contributed by atoms with Crippen LogP contribution in [0.15, 0.2) is 18.5 Å². The summed E-state index contributed by atoms with van der Waals surface area (Å²) < 4.78 is 3.65. The summed E-state index contributed by atoms with van der Waals surface area (Å²) in [6.45, 7) is 2.68. The minimum atomic E-state index is 0.684. The number of anilines is 1. The molecule has 0 aromatic carbocycles. The van der Waals surface area contributed by atoms with Gasteiger partial charge >= 0.3 is 0 Å². The zero-order valence-corrected chi connectivity index (χ0v) is 8.31. The van der Waals surface area contributed by atoms with Crippen molar-refractivity contribution in [1.29, 1.82) is 0 Å². The van der Waals surface area contributed by atoms with Gasteiger partial charge in [-0.25, -0.2) is 0 Å². The summed E-state index contributed by atoms with van der Waals surface area (Å²) in [5, 5.41) is 8.37. The number of aryl methyl sites for hydroxylation is 2. The molecule has 2 aromatic rings. The number of nitrogens with zero attached hydrogens (tertiary/aromatic N) is 4. The van der Waals surface area contributed by atoms with Crippen molar-refractivity contribution in [3.8, 4) is 0 Å². The van der Waals surface area contributed by atoms with Crippen LogP contribution >= 0.6 is 0 Å². The van der Waals surface area contributed by atoms with Crippen LogP contribution in [0.5, 0.6) is 0 Å². The maximum absolute atomic E-state index is 5.57. The van der Waals surface area contributed by atoms with Gasteiger partial charge in [0, 0.05) is 13.2 Å². The fraction of sp³-hybridized carbons (Fsp3) is 0.333. The molecule has 5 nitrogen and oxygen atoms in total. The minimum Gasteiger partial charge on any atom is -0.396 e. The van der Waals surface area contributed by atoms with E-state index in [0.717, 1.165) is 11.4 Å². The molecule has 14 heavy (non-hydrogen) atoms. The van der Waals surface area contributed by atoms with Gasteiger partial charge < -0.3 is 5.73 Å². The minimum absolute atomic E-state index is 0.684. The summed E-state index contributed by atoms with van der Waals surface area (Å²) in [6, 6.07) is 2.04. The number of aromatic nitrogens is 4. The monoisotopic (exact) mass is 191 g/mol. The largest absolute Gasteiger partial charge is 0.396 e. The van der Waals surface area contributed by atoms with E-state index < -0.39 is 0 Å². The third-order valence-electron chi connectivity index (χ3n) is 2.08. The molecule has 0 saturated heterocycles. The molecule has 0 fully saturated rings. The average molecular weight is 191 g/mol. The predicted octanol–water partition coefficient (Wildman–Crippen LogP) is 0.556. The topological polar surface area (TPSA) is 61.7 Å². The van der Waals surface area contributed by atoms with Crippen molar-refractivity contribution < 1.29 is 0 Å². The van der Waals surface area contributed by atoms with E-state index in [1.807, 2.05) is 30.9 Å². The van der Waals surface area contributed by atoms with Crippen LogP contribution in [-0.2, 0) is 13.6 Å². The van der Waals surface area contributed by atoms with Gasteiger partial charge in [-0.15, -0.1) is 0 Å². The van der Waals surface area contributed by atoms with Crippen LogP contribution < -0.4 is 5.73 Å². The van der Waals surface area contributed by atoms with Gasteiger partial charge in [-0.3, -0.25) is 9.36 Å². The molecule has 0 radical (unpaired) electrons. The lowest BCUT2D eigenvalue weighted by atomic mass is 10.4. The molecule has 2 aromatic heterocycles. The number of nitrogens with two attached hydrogens (primary N) is 1. The van der Waals surface area contributed by atoms with E-state index in [1.54, 1.807) is 10.9 Å². The molecule has 0 aliphatic heterocycles. The third kappa shape index (κ3) is 1.61. The first-order valence-electron chi connectivity index (χ1n) is 4.42. The van der Waals surface area contributed by atoms with E-state index in [4.69, 9.17) is 5.73 Å². The molecule has 2 rings (SSSR count). The van der Waals surface area contributed by atoms with Crippen LogP contribution in [0.3, 0.4) is 0 Å². The van der Waals surface area contributed by atoms with E-state index in [9.17, 15) is 0 Å². The molecule has 74 valence electrons. The van der Waals surface area contributed by atoms with Gasteiger partial charge in [-0.1, -0.05) is 0 Å². The Morgan fingerprint density at radius 1 is 1.50 bits per heavy atom. The maximum Gasteiger partial charge on any atom is 0.0829 e. The maximum atomic E-state index is 5.57. The highest BCUT2D eigenvalue weighted by atomic mass is 15.3. The zero-order chi connectivity index (χ0) is 10.1. The van der Waals surface area contributed by atoms with Crippen LogP contribution in [0.2, 0.25) is 0 Å². The van der Waals surface area contributed by atoms with Gasteiger partial charge in [0.2, 0.25) is 0 Å². The second-order valence-electron chi connectivity index (χ2n) is 3.37. The molecular formula is C9H13N5. The van der Waals surface area contributed by atoms with Gasteiger partial charge in [0.15, 0.2) is 0 Å². The van der Waals surface area contributed by atoms with Crippen molar-refractivity contribution in [3.63, 3.8) is 0 Å². The van der Waals surface area contributed by atoms with Crippen LogP contribution in [-0.4, -0.2) is 19.6 Å². The van der Waals surface area contributed by atoms with Crippen LogP contribution in [0.1, 0.15) is 11.4 Å². The Kier molecular flexibility index (Phi) is 1.99. The Morgan fingerprint density at radius 3 is 2.79 bits per heavy atom. The van der Waals surface area contributed by atoms with E-state index in [0.29, 0.717) is 12.2 Å². The lowest BCUT2D eigenvalue weighted by molar-refractivity contribution is 0.619. The van der Waals surface area contributed by atoms with E-state index in [2.05, 4.69) is 10.2 Å². The molecule has 0 aliphatic carbocycles. The van der Waals surface area contributed by atoms with E-state index in [-0.39, 0.29) is 0 Å². The lowest BCUT2D eigenvalue weighted by Crippen LogP contribution is -2.05. The van der Waals surface area contributed by atoms with Gasteiger partial charge in [0.1, 0.15) is 0 Å². The molecular weight excluding hydrogens is 178 g/mol. The lowest BCUT2D eigenvalue weighted by Gasteiger charge is -2.00. The molecule has 0 amide bonds. The molecule has 0 aliphatic rings. The highest BCUT2D eigenvalue weighted by Crippen LogP contribution is 2.05. The molecule has 2 N–H and O–H groups in total. The van der Waals surface area contributed by atoms with Gasteiger partial charge in [-0.05, 0) is 13.0 Å². The standard InChI is InChI=1S/C9H13N5/c1-7-3-9(13(2)12-7)6-14-5-8(10)4-11-14/h3-5H,6,10H2,1-2H3. The van der Waals surface area contributed by atoms with Crippen LogP contribution in [0, 0.1) is 6.92 Å². The molecule has 0 unspecified atom stereocenters. The SMILES string of the molecule is Cc1cc(Cn2cc(N)cn2)n(C)n1. The second-order valence-corrected chi connectivity index (χ2v) is 3.37. The first kappa shape index (κ1) is 8.80. The van der Waals surface area contributed by atoms with Crippen molar-refractivity contribution in [3.05, 3.63) is 29.8 Å². The third-order valence-corrected chi connectivity index (χ3v) is 2.08. The predicted molar refractivity (Wildman–Crippen MR) is 53.7 cm³/mol. The Bertz CT molecular complexity index is 440. The zero-order valence-electron chi connectivity index (χ0n) is 8.31. The van der Waals surface area contributed by atoms with Crippen LogP contribution in [0.4, 0.5) is 5.69 Å². The van der Waals surface area contributed by atoms with Crippen LogP contribution in [0.25, 0.3) is 0 Å². The highest BCUT2D eigenvalue weighted by Gasteiger charge is 2.03. The molecule has 0 saturated carbocycles. The molecule has 0 bridgehead atoms. The summed E-state index contributed by atoms with van der Waals surface area (Å²) >= 11 is 0. The van der Waals surface area contributed by atoms with Crippen molar-refractivity contribution in [1.82, 2.24) is 19.6 Å². The molecule has 0 atom stereocenters. The van der Waals surface area contributed by atoms with Crippen molar-refractivity contribution in [2.24, 2.45) is 7.05 Å². The average Bonchev–Trinajstić information content (AvgIpc) is 2.61. The number of rotatable bonds is 2. The number of hydrogen-bond acceptors (Lipinski definition) is 3. The smallest absolute Gasteiger partial charge is 0.0829 e. The Morgan fingerprint density at radius 2 is 2.29 bits per heavy atom. The second kappa shape index (κ2) is 3.17. The van der Waals surface area contributed by atoms with Crippen molar-refractivity contribution in [2.75, 3.05) is 5.73 Å². The first-order chi connectivity index (χ1) is 6.65. The molecule has 2 heterocycles. The fourth-order valence-electron chi connectivity index (χ4n) is 1.44. The summed E-state index contributed by atoms with van der Waals surface area (Å²) in [4.78, 5) is 0. The Hall–Kier alpha value is -1.78.